The largest absolute Gasteiger partial charge is 0.497 e. The number of aryl methyl sites for hydroxylation is 2. The highest BCUT2D eigenvalue weighted by molar-refractivity contribution is 7.90. The molecule has 0 radical (unpaired) electrons. The van der Waals surface area contributed by atoms with Crippen molar-refractivity contribution in [3.05, 3.63) is 82.9 Å². The Kier molecular flexibility index (Phi) is 9.17. The van der Waals surface area contributed by atoms with Gasteiger partial charge in [-0.05, 0) is 60.7 Å². The number of nitrogens with zero attached hydrogens (tertiary/aromatic N) is 2. The number of piperazine rings is 1. The van der Waals surface area contributed by atoms with Crippen molar-refractivity contribution in [2.24, 2.45) is 0 Å². The standard InChI is InChI=1S/C31H38N2O5S/c1-5-6-7-24-9-11-25(12-10-24)22-39(35,36)27-14-8-23(2)28(21-27)31(34)33-18-16-32(17-19-33)29-15-13-26(37-3)20-30(29)38-4/h8-15,20-21H,5-7,16-19,22H2,1-4H3. The second-order valence-corrected chi connectivity index (χ2v) is 12.0. The van der Waals surface area contributed by atoms with Crippen LogP contribution in [0.2, 0.25) is 0 Å². The lowest BCUT2D eigenvalue weighted by Crippen LogP contribution is -2.49. The number of amides is 1. The summed E-state index contributed by atoms with van der Waals surface area (Å²) in [4.78, 5) is 17.7. The minimum Gasteiger partial charge on any atom is -0.497 e. The van der Waals surface area contributed by atoms with Gasteiger partial charge in [0.15, 0.2) is 9.84 Å². The molecule has 0 aromatic heterocycles. The normalized spacial score (nSPS) is 13.8. The average Bonchev–Trinajstić information content (AvgIpc) is 2.96. The Balaban J connectivity index is 1.45. The van der Waals surface area contributed by atoms with Gasteiger partial charge in [-0.2, -0.15) is 0 Å². The summed E-state index contributed by atoms with van der Waals surface area (Å²) in [6.07, 6.45) is 3.23. The lowest BCUT2D eigenvalue weighted by Gasteiger charge is -2.37. The predicted octanol–water partition coefficient (Wildman–Crippen LogP) is 5.29. The van der Waals surface area contributed by atoms with Crippen molar-refractivity contribution in [3.63, 3.8) is 0 Å². The Labute approximate surface area is 232 Å². The second kappa shape index (κ2) is 12.6. The molecule has 0 saturated carbocycles. The Morgan fingerprint density at radius 3 is 2.21 bits per heavy atom. The van der Waals surface area contributed by atoms with Crippen LogP contribution in [0.5, 0.6) is 11.5 Å². The molecule has 1 aliphatic rings. The first-order chi connectivity index (χ1) is 18.7. The molecule has 39 heavy (non-hydrogen) atoms. The number of anilines is 1. The summed E-state index contributed by atoms with van der Waals surface area (Å²) in [7, 11) is -0.361. The third kappa shape index (κ3) is 6.74. The van der Waals surface area contributed by atoms with Gasteiger partial charge >= 0.3 is 0 Å². The summed E-state index contributed by atoms with van der Waals surface area (Å²) >= 11 is 0. The van der Waals surface area contributed by atoms with Gasteiger partial charge in [-0.1, -0.05) is 43.7 Å². The van der Waals surface area contributed by atoms with E-state index in [1.54, 1.807) is 37.3 Å². The molecule has 0 aliphatic carbocycles. The van der Waals surface area contributed by atoms with Crippen molar-refractivity contribution in [3.8, 4) is 11.5 Å². The fourth-order valence-corrected chi connectivity index (χ4v) is 6.25. The van der Waals surface area contributed by atoms with Crippen LogP contribution in [0.3, 0.4) is 0 Å². The zero-order valence-electron chi connectivity index (χ0n) is 23.3. The van der Waals surface area contributed by atoms with Crippen LogP contribution in [0.4, 0.5) is 5.69 Å². The highest BCUT2D eigenvalue weighted by Crippen LogP contribution is 2.33. The van der Waals surface area contributed by atoms with Crippen molar-refractivity contribution >= 4 is 21.4 Å². The van der Waals surface area contributed by atoms with E-state index in [1.165, 1.54) is 5.56 Å². The summed E-state index contributed by atoms with van der Waals surface area (Å²) in [6, 6.07) is 18.4. The molecule has 0 N–H and O–H groups in total. The number of unbranched alkanes of at least 4 members (excludes halogenated alkanes) is 1. The van der Waals surface area contributed by atoms with Crippen LogP contribution < -0.4 is 14.4 Å². The van der Waals surface area contributed by atoms with E-state index in [2.05, 4.69) is 11.8 Å². The molecule has 7 nitrogen and oxygen atoms in total. The van der Waals surface area contributed by atoms with Gasteiger partial charge in [0, 0.05) is 37.8 Å². The summed E-state index contributed by atoms with van der Waals surface area (Å²) < 4.78 is 37.4. The van der Waals surface area contributed by atoms with E-state index in [-0.39, 0.29) is 16.6 Å². The van der Waals surface area contributed by atoms with Gasteiger partial charge in [0.1, 0.15) is 11.5 Å². The number of sulfone groups is 1. The molecule has 0 bridgehead atoms. The Hall–Kier alpha value is -3.52. The van der Waals surface area contributed by atoms with Crippen LogP contribution in [0.25, 0.3) is 0 Å². The summed E-state index contributed by atoms with van der Waals surface area (Å²) in [5, 5.41) is 0. The van der Waals surface area contributed by atoms with E-state index in [0.29, 0.717) is 31.7 Å². The van der Waals surface area contributed by atoms with Crippen LogP contribution in [-0.4, -0.2) is 59.6 Å². The molecule has 0 unspecified atom stereocenters. The monoisotopic (exact) mass is 550 g/mol. The molecule has 0 atom stereocenters. The van der Waals surface area contributed by atoms with Gasteiger partial charge in [-0.3, -0.25) is 4.79 Å². The fourth-order valence-electron chi connectivity index (χ4n) is 4.88. The maximum Gasteiger partial charge on any atom is 0.254 e. The number of methoxy groups -OCH3 is 2. The molecular formula is C31H38N2O5S. The zero-order valence-corrected chi connectivity index (χ0v) is 24.1. The van der Waals surface area contributed by atoms with Gasteiger partial charge in [0.25, 0.3) is 5.91 Å². The van der Waals surface area contributed by atoms with Gasteiger partial charge < -0.3 is 19.3 Å². The van der Waals surface area contributed by atoms with Crippen molar-refractivity contribution < 1.29 is 22.7 Å². The highest BCUT2D eigenvalue weighted by atomic mass is 32.2. The first-order valence-electron chi connectivity index (χ1n) is 13.4. The SMILES string of the molecule is CCCCc1ccc(CS(=O)(=O)c2ccc(C)c(C(=O)N3CCN(c4ccc(OC)cc4OC)CC3)c2)cc1. The van der Waals surface area contributed by atoms with Crippen LogP contribution in [-0.2, 0) is 22.0 Å². The molecule has 4 rings (SSSR count). The Morgan fingerprint density at radius 2 is 1.56 bits per heavy atom. The number of benzene rings is 3. The van der Waals surface area contributed by atoms with Crippen molar-refractivity contribution in [1.29, 1.82) is 0 Å². The quantitative estimate of drug-likeness (QED) is 0.341. The molecule has 0 spiro atoms. The molecule has 1 amide bonds. The maximum absolute atomic E-state index is 13.5. The van der Waals surface area contributed by atoms with E-state index >= 15 is 0 Å². The first kappa shape index (κ1) is 28.5. The first-order valence-corrected chi connectivity index (χ1v) is 15.1. The minimum atomic E-state index is -3.61. The molecule has 1 heterocycles. The number of carbonyl (C=O) groups is 1. The van der Waals surface area contributed by atoms with Crippen LogP contribution in [0, 0.1) is 6.92 Å². The number of ether oxygens (including phenoxy) is 2. The fraction of sp³-hybridized carbons (Fsp3) is 0.387. The molecule has 1 fully saturated rings. The van der Waals surface area contributed by atoms with E-state index in [4.69, 9.17) is 9.47 Å². The lowest BCUT2D eigenvalue weighted by molar-refractivity contribution is 0.0745. The lowest BCUT2D eigenvalue weighted by atomic mass is 10.1. The molecule has 1 aliphatic heterocycles. The van der Waals surface area contributed by atoms with Gasteiger partial charge in [-0.15, -0.1) is 0 Å². The minimum absolute atomic E-state index is 0.0971. The Morgan fingerprint density at radius 1 is 0.872 bits per heavy atom. The molecule has 3 aromatic rings. The van der Waals surface area contributed by atoms with Gasteiger partial charge in [0.2, 0.25) is 0 Å². The van der Waals surface area contributed by atoms with Gasteiger partial charge in [0.05, 0.1) is 30.6 Å². The third-order valence-corrected chi connectivity index (χ3v) is 8.98. The smallest absolute Gasteiger partial charge is 0.254 e. The molecule has 1 saturated heterocycles. The van der Waals surface area contributed by atoms with Crippen LogP contribution >= 0.6 is 0 Å². The second-order valence-electron chi connectivity index (χ2n) is 9.97. The average molecular weight is 551 g/mol. The van der Waals surface area contributed by atoms with E-state index < -0.39 is 9.84 Å². The van der Waals surface area contributed by atoms with E-state index in [9.17, 15) is 13.2 Å². The number of hydrogen-bond acceptors (Lipinski definition) is 6. The number of rotatable bonds is 10. The molecule has 3 aromatic carbocycles. The summed E-state index contributed by atoms with van der Waals surface area (Å²) in [6.45, 7) is 6.32. The Bertz CT molecular complexity index is 1390. The third-order valence-electron chi connectivity index (χ3n) is 7.29. The highest BCUT2D eigenvalue weighted by Gasteiger charge is 2.26. The topological polar surface area (TPSA) is 76.2 Å². The van der Waals surface area contributed by atoms with Crippen LogP contribution in [0.1, 0.15) is 46.8 Å². The van der Waals surface area contributed by atoms with Crippen molar-refractivity contribution in [2.75, 3.05) is 45.3 Å². The molecule has 8 heteroatoms. The van der Waals surface area contributed by atoms with Crippen molar-refractivity contribution in [1.82, 2.24) is 4.90 Å². The number of hydrogen-bond donors (Lipinski definition) is 0. The molecule has 208 valence electrons. The summed E-state index contributed by atoms with van der Waals surface area (Å²) in [5.41, 5.74) is 4.11. The number of carbonyl (C=O) groups excluding carboxylic acids is 1. The van der Waals surface area contributed by atoms with Crippen LogP contribution in [0.15, 0.2) is 65.6 Å². The van der Waals surface area contributed by atoms with E-state index in [0.717, 1.165) is 47.6 Å². The van der Waals surface area contributed by atoms with E-state index in [1.807, 2.05) is 49.4 Å². The maximum atomic E-state index is 13.5. The predicted molar refractivity (Wildman–Crippen MR) is 155 cm³/mol. The zero-order chi connectivity index (χ0) is 28.0. The summed E-state index contributed by atoms with van der Waals surface area (Å²) in [5.74, 6) is 1.20. The molecular weight excluding hydrogens is 512 g/mol. The van der Waals surface area contributed by atoms with Gasteiger partial charge in [-0.25, -0.2) is 8.42 Å². The van der Waals surface area contributed by atoms with Crippen molar-refractivity contribution in [2.45, 2.75) is 43.8 Å².